The average molecular weight is 274 g/mol. The van der Waals surface area contributed by atoms with Gasteiger partial charge in [-0.3, -0.25) is 0 Å². The van der Waals surface area contributed by atoms with Gasteiger partial charge in [0.25, 0.3) is 0 Å². The van der Waals surface area contributed by atoms with Crippen molar-refractivity contribution in [2.75, 3.05) is 18.0 Å². The second kappa shape index (κ2) is 5.13. The van der Waals surface area contributed by atoms with Gasteiger partial charge in [0.1, 0.15) is 6.10 Å². The molecule has 3 rings (SSSR count). The van der Waals surface area contributed by atoms with Crippen LogP contribution >= 0.6 is 0 Å². The van der Waals surface area contributed by atoms with E-state index in [4.69, 9.17) is 10.5 Å². The molecule has 0 unspecified atom stereocenters. The maximum absolute atomic E-state index is 11.8. The molecule has 2 heterocycles. The first kappa shape index (κ1) is 12.9. The lowest BCUT2D eigenvalue weighted by molar-refractivity contribution is 0.145. The zero-order chi connectivity index (χ0) is 14.1. The smallest absolute Gasteiger partial charge is 0.417 e. The van der Waals surface area contributed by atoms with Gasteiger partial charge in [-0.15, -0.1) is 0 Å². The lowest BCUT2D eigenvalue weighted by Crippen LogP contribution is -2.28. The maximum Gasteiger partial charge on any atom is 0.417 e. The van der Waals surface area contributed by atoms with E-state index < -0.39 is 6.09 Å². The number of carbonyl (C=O) groups is 1. The summed E-state index contributed by atoms with van der Waals surface area (Å²) in [7, 11) is 0. The highest BCUT2D eigenvalue weighted by atomic mass is 16.6. The molecule has 0 saturated carbocycles. The number of nitrogens with one attached hydrogen (secondary N) is 1. The molecule has 1 saturated heterocycles. The number of aryl methyl sites for hydroxylation is 1. The molecule has 0 aliphatic carbocycles. The second-order valence-electron chi connectivity index (χ2n) is 5.01. The third-order valence-corrected chi connectivity index (χ3v) is 3.47. The van der Waals surface area contributed by atoms with Crippen molar-refractivity contribution in [1.82, 2.24) is 9.97 Å². The van der Waals surface area contributed by atoms with Gasteiger partial charge in [-0.05, 0) is 24.1 Å². The molecule has 6 nitrogen and oxygen atoms in total. The Balaban J connectivity index is 1.91. The van der Waals surface area contributed by atoms with Crippen LogP contribution in [0.4, 0.5) is 10.7 Å². The fraction of sp³-hybridized carbons (Fsp3) is 0.429. The van der Waals surface area contributed by atoms with E-state index in [1.807, 2.05) is 6.07 Å². The monoisotopic (exact) mass is 274 g/mol. The Bertz CT molecular complexity index is 637. The van der Waals surface area contributed by atoms with Crippen molar-refractivity contribution in [2.45, 2.75) is 25.9 Å². The summed E-state index contributed by atoms with van der Waals surface area (Å²) in [4.78, 5) is 20.9. The Kier molecular flexibility index (Phi) is 3.31. The van der Waals surface area contributed by atoms with E-state index in [0.717, 1.165) is 23.9 Å². The topological polar surface area (TPSA) is 84.2 Å². The number of rotatable bonds is 4. The highest BCUT2D eigenvalue weighted by Gasteiger charge is 2.33. The Morgan fingerprint density at radius 1 is 1.55 bits per heavy atom. The average Bonchev–Trinajstić information content (AvgIpc) is 3.01. The molecule has 0 spiro atoms. The summed E-state index contributed by atoms with van der Waals surface area (Å²) in [5.74, 6) is 0.523. The molecule has 6 heteroatoms. The summed E-state index contributed by atoms with van der Waals surface area (Å²) >= 11 is 0. The number of fused-ring (bicyclic) bond motifs is 1. The van der Waals surface area contributed by atoms with Gasteiger partial charge in [-0.1, -0.05) is 19.4 Å². The van der Waals surface area contributed by atoms with Crippen LogP contribution in [0, 0.1) is 0 Å². The van der Waals surface area contributed by atoms with Crippen molar-refractivity contribution < 1.29 is 9.53 Å². The van der Waals surface area contributed by atoms with Gasteiger partial charge in [0, 0.05) is 6.54 Å². The molecular formula is C14H18N4O2. The minimum atomic E-state index is -0.395. The van der Waals surface area contributed by atoms with Crippen LogP contribution < -0.4 is 10.6 Å². The van der Waals surface area contributed by atoms with E-state index in [1.54, 1.807) is 0 Å². The number of hydrogen-bond acceptors (Lipinski definition) is 4. The standard InChI is InChI=1S/C14H18N4O2/c1-2-3-9-4-5-11-12(6-9)17-13(16-11)18-8-10(7-15)20-14(18)19/h4-6,10H,2-3,7-8,15H2,1H3,(H,16,17)/t10-/m1/s1. The van der Waals surface area contributed by atoms with Gasteiger partial charge < -0.3 is 15.5 Å². The minimum absolute atomic E-state index is 0.258. The van der Waals surface area contributed by atoms with Crippen LogP contribution in [0.2, 0.25) is 0 Å². The quantitative estimate of drug-likeness (QED) is 0.890. The van der Waals surface area contributed by atoms with Crippen LogP contribution in [0.5, 0.6) is 0 Å². The van der Waals surface area contributed by atoms with E-state index in [0.29, 0.717) is 19.0 Å². The summed E-state index contributed by atoms with van der Waals surface area (Å²) in [5, 5.41) is 0. The maximum atomic E-state index is 11.8. The van der Waals surface area contributed by atoms with Gasteiger partial charge in [0.15, 0.2) is 0 Å². The zero-order valence-electron chi connectivity index (χ0n) is 11.4. The van der Waals surface area contributed by atoms with Crippen molar-refractivity contribution >= 4 is 23.1 Å². The number of nitrogens with two attached hydrogens (primary N) is 1. The van der Waals surface area contributed by atoms with Crippen molar-refractivity contribution in [3.05, 3.63) is 23.8 Å². The second-order valence-corrected chi connectivity index (χ2v) is 5.01. The lowest BCUT2D eigenvalue weighted by Gasteiger charge is -2.07. The third-order valence-electron chi connectivity index (χ3n) is 3.47. The van der Waals surface area contributed by atoms with Crippen LogP contribution in [0.25, 0.3) is 11.0 Å². The number of cyclic esters (lactones) is 1. The highest BCUT2D eigenvalue weighted by Crippen LogP contribution is 2.23. The first-order valence-electron chi connectivity index (χ1n) is 6.88. The van der Waals surface area contributed by atoms with Crippen LogP contribution in [-0.2, 0) is 11.2 Å². The van der Waals surface area contributed by atoms with Crippen molar-refractivity contribution in [3.63, 3.8) is 0 Å². The largest absolute Gasteiger partial charge is 0.443 e. The molecule has 20 heavy (non-hydrogen) atoms. The van der Waals surface area contributed by atoms with Gasteiger partial charge in [-0.2, -0.15) is 0 Å². The van der Waals surface area contributed by atoms with Gasteiger partial charge in [-0.25, -0.2) is 14.7 Å². The third kappa shape index (κ3) is 2.22. The number of benzene rings is 1. The molecular weight excluding hydrogens is 256 g/mol. The van der Waals surface area contributed by atoms with E-state index >= 15 is 0 Å². The van der Waals surface area contributed by atoms with Crippen LogP contribution in [0.1, 0.15) is 18.9 Å². The number of carbonyl (C=O) groups excluding carboxylic acids is 1. The SMILES string of the molecule is CCCc1ccc2[nH]c(N3C[C@@H](CN)OC3=O)nc2c1. The minimum Gasteiger partial charge on any atom is -0.443 e. The number of hydrogen-bond donors (Lipinski definition) is 2. The van der Waals surface area contributed by atoms with Gasteiger partial charge >= 0.3 is 6.09 Å². The fourth-order valence-electron chi connectivity index (χ4n) is 2.43. The number of ether oxygens (including phenoxy) is 1. The molecule has 0 radical (unpaired) electrons. The number of H-pyrrole nitrogens is 1. The van der Waals surface area contributed by atoms with E-state index in [9.17, 15) is 4.79 Å². The summed E-state index contributed by atoms with van der Waals surface area (Å²) in [6.45, 7) is 2.91. The summed E-state index contributed by atoms with van der Waals surface area (Å²) in [5.41, 5.74) is 8.57. The number of imidazole rings is 1. The molecule has 1 aliphatic heterocycles. The molecule has 1 fully saturated rings. The molecule has 2 aromatic rings. The van der Waals surface area contributed by atoms with E-state index in [1.165, 1.54) is 10.5 Å². The number of nitrogens with zero attached hydrogens (tertiary/aromatic N) is 2. The van der Waals surface area contributed by atoms with Gasteiger partial charge in [0.2, 0.25) is 5.95 Å². The normalized spacial score (nSPS) is 18.8. The highest BCUT2D eigenvalue weighted by molar-refractivity contribution is 5.90. The molecule has 1 aromatic heterocycles. The van der Waals surface area contributed by atoms with Crippen LogP contribution in [0.3, 0.4) is 0 Å². The predicted octanol–water partition coefficient (Wildman–Crippen LogP) is 1.80. The van der Waals surface area contributed by atoms with Crippen LogP contribution in [-0.4, -0.2) is 35.3 Å². The zero-order valence-corrected chi connectivity index (χ0v) is 11.4. The molecule has 1 amide bonds. The van der Waals surface area contributed by atoms with Gasteiger partial charge in [0.05, 0.1) is 17.6 Å². The predicted molar refractivity (Wildman–Crippen MR) is 76.8 cm³/mol. The fourth-order valence-corrected chi connectivity index (χ4v) is 2.43. The molecule has 1 atom stereocenters. The molecule has 0 bridgehead atoms. The van der Waals surface area contributed by atoms with Crippen LogP contribution in [0.15, 0.2) is 18.2 Å². The van der Waals surface area contributed by atoms with Crippen molar-refractivity contribution in [3.8, 4) is 0 Å². The molecule has 106 valence electrons. The Hall–Kier alpha value is -2.08. The Morgan fingerprint density at radius 2 is 2.40 bits per heavy atom. The Morgan fingerprint density at radius 3 is 3.10 bits per heavy atom. The number of anilines is 1. The molecule has 1 aromatic carbocycles. The van der Waals surface area contributed by atoms with Crippen molar-refractivity contribution in [2.24, 2.45) is 5.73 Å². The summed E-state index contributed by atoms with van der Waals surface area (Å²) in [6, 6.07) is 6.14. The van der Waals surface area contributed by atoms with E-state index in [2.05, 4.69) is 29.0 Å². The van der Waals surface area contributed by atoms with E-state index in [-0.39, 0.29) is 6.10 Å². The first-order valence-corrected chi connectivity index (χ1v) is 6.88. The number of aromatic amines is 1. The number of amides is 1. The molecule has 1 aliphatic rings. The number of aromatic nitrogens is 2. The van der Waals surface area contributed by atoms with Crippen molar-refractivity contribution in [1.29, 1.82) is 0 Å². The molecule has 3 N–H and O–H groups in total. The summed E-state index contributed by atoms with van der Waals surface area (Å²) < 4.78 is 5.14. The summed E-state index contributed by atoms with van der Waals surface area (Å²) in [6.07, 6.45) is 1.47. The Labute approximate surface area is 116 Å². The lowest BCUT2D eigenvalue weighted by atomic mass is 10.1. The first-order chi connectivity index (χ1) is 9.71.